The summed E-state index contributed by atoms with van der Waals surface area (Å²) in [6.07, 6.45) is -4.02. The maximum atomic E-state index is 14.1. The fourth-order valence-electron chi connectivity index (χ4n) is 5.89. The van der Waals surface area contributed by atoms with Crippen molar-refractivity contribution in [2.24, 2.45) is 0 Å². The number of rotatable bonds is 8. The highest BCUT2D eigenvalue weighted by atomic mass is 32.1. The molecule has 0 aliphatic carbocycles. The minimum atomic E-state index is -1.86. The molecule has 4 aromatic rings. The molecule has 8 nitrogen and oxygen atoms in total. The summed E-state index contributed by atoms with van der Waals surface area (Å²) in [4.78, 5) is 42.8. The van der Waals surface area contributed by atoms with Gasteiger partial charge >= 0.3 is 5.97 Å². The molecule has 2 amide bonds. The quantitative estimate of drug-likeness (QED) is 0.166. The summed E-state index contributed by atoms with van der Waals surface area (Å²) in [5, 5.41) is 12.0. The monoisotopic (exact) mass is 609 g/mol. The number of aliphatic hydroxyl groups excluding tert-OH is 1. The molecular formula is C35H31NO7S. The van der Waals surface area contributed by atoms with Crippen molar-refractivity contribution in [1.82, 2.24) is 4.90 Å². The standard InChI is InChI=1S/C35H31NO7S/c1-22-16-18-25(19-17-22)35(36-31(38)26-14-8-9-15-27(26)32(36)39)30(43-33(40)24-12-6-3-7-13-24)29(37)28(42-34(35)44)21-41-20-23-10-4-2-5-11-23/h2-19,28-30,34,37,44H,20-21H2,1H3/t28-,29-,30+,34+,35+/m1/s1. The number of thiol groups is 1. The Kier molecular flexibility index (Phi) is 8.38. The predicted molar refractivity (Wildman–Crippen MR) is 165 cm³/mol. The molecule has 0 spiro atoms. The number of ether oxygens (including phenoxy) is 3. The van der Waals surface area contributed by atoms with Crippen molar-refractivity contribution in [3.63, 3.8) is 0 Å². The number of hydrogen-bond acceptors (Lipinski definition) is 8. The first-order valence-electron chi connectivity index (χ1n) is 14.3. The zero-order valence-electron chi connectivity index (χ0n) is 23.9. The molecule has 2 aliphatic rings. The minimum Gasteiger partial charge on any atom is -0.453 e. The smallest absolute Gasteiger partial charge is 0.338 e. The summed E-state index contributed by atoms with van der Waals surface area (Å²) in [7, 11) is 0. The van der Waals surface area contributed by atoms with Crippen molar-refractivity contribution in [2.45, 2.75) is 42.8 Å². The lowest BCUT2D eigenvalue weighted by Crippen LogP contribution is -2.71. The van der Waals surface area contributed by atoms with Gasteiger partial charge in [0.2, 0.25) is 0 Å². The van der Waals surface area contributed by atoms with E-state index < -0.39 is 47.1 Å². The molecule has 1 saturated heterocycles. The van der Waals surface area contributed by atoms with Crippen LogP contribution in [-0.4, -0.2) is 58.1 Å². The summed E-state index contributed by atoms with van der Waals surface area (Å²) in [5.41, 5.74) is -0.207. The molecule has 9 heteroatoms. The number of nitrogens with zero attached hydrogens (tertiary/aromatic N) is 1. The Balaban J connectivity index is 1.45. The molecule has 0 radical (unpaired) electrons. The summed E-state index contributed by atoms with van der Waals surface area (Å²) in [6, 6.07) is 31.4. The van der Waals surface area contributed by atoms with Gasteiger partial charge in [-0.1, -0.05) is 90.5 Å². The van der Waals surface area contributed by atoms with Gasteiger partial charge in [0.1, 0.15) is 17.6 Å². The highest BCUT2D eigenvalue weighted by Gasteiger charge is 2.65. The van der Waals surface area contributed by atoms with Crippen molar-refractivity contribution in [1.29, 1.82) is 0 Å². The Morgan fingerprint density at radius 2 is 1.43 bits per heavy atom. The molecule has 0 aromatic heterocycles. The van der Waals surface area contributed by atoms with Gasteiger partial charge in [0.15, 0.2) is 11.6 Å². The molecular weight excluding hydrogens is 578 g/mol. The third kappa shape index (κ3) is 5.22. The van der Waals surface area contributed by atoms with Crippen LogP contribution in [0.2, 0.25) is 0 Å². The van der Waals surface area contributed by atoms with Gasteiger partial charge in [-0.05, 0) is 42.3 Å². The lowest BCUT2D eigenvalue weighted by Gasteiger charge is -2.54. The van der Waals surface area contributed by atoms with Gasteiger partial charge in [-0.15, -0.1) is 12.6 Å². The van der Waals surface area contributed by atoms with E-state index in [0.29, 0.717) is 5.56 Å². The van der Waals surface area contributed by atoms with Gasteiger partial charge < -0.3 is 19.3 Å². The molecule has 44 heavy (non-hydrogen) atoms. The lowest BCUT2D eigenvalue weighted by atomic mass is 9.76. The number of imide groups is 1. The van der Waals surface area contributed by atoms with E-state index in [1.165, 1.54) is 0 Å². The van der Waals surface area contributed by atoms with Crippen LogP contribution < -0.4 is 0 Å². The van der Waals surface area contributed by atoms with E-state index >= 15 is 0 Å². The van der Waals surface area contributed by atoms with Gasteiger partial charge in [-0.25, -0.2) is 4.79 Å². The van der Waals surface area contributed by atoms with Crippen LogP contribution in [0.25, 0.3) is 0 Å². The Bertz CT molecular complexity index is 1630. The molecule has 5 atom stereocenters. The second kappa shape index (κ2) is 12.4. The predicted octanol–water partition coefficient (Wildman–Crippen LogP) is 4.94. The number of fused-ring (bicyclic) bond motifs is 1. The number of aryl methyl sites for hydroxylation is 1. The highest BCUT2D eigenvalue weighted by Crippen LogP contribution is 2.49. The van der Waals surface area contributed by atoms with Crippen LogP contribution in [0.4, 0.5) is 0 Å². The number of amides is 2. The van der Waals surface area contributed by atoms with Crippen molar-refractivity contribution in [2.75, 3.05) is 6.61 Å². The summed E-state index contributed by atoms with van der Waals surface area (Å²) >= 11 is 4.85. The number of carbonyl (C=O) groups excluding carboxylic acids is 3. The maximum Gasteiger partial charge on any atom is 0.338 e. The Morgan fingerprint density at radius 1 is 0.864 bits per heavy atom. The van der Waals surface area contributed by atoms with Crippen LogP contribution in [0.15, 0.2) is 109 Å². The Labute approximate surface area is 260 Å². The molecule has 1 fully saturated rings. The molecule has 0 saturated carbocycles. The van der Waals surface area contributed by atoms with Crippen molar-refractivity contribution in [3.8, 4) is 0 Å². The second-order valence-corrected chi connectivity index (χ2v) is 11.4. The molecule has 0 unspecified atom stereocenters. The fourth-order valence-corrected chi connectivity index (χ4v) is 6.46. The van der Waals surface area contributed by atoms with Crippen LogP contribution in [0.5, 0.6) is 0 Å². The van der Waals surface area contributed by atoms with E-state index in [0.717, 1.165) is 16.0 Å². The third-order valence-corrected chi connectivity index (χ3v) is 8.64. The lowest BCUT2D eigenvalue weighted by molar-refractivity contribution is -0.223. The Morgan fingerprint density at radius 3 is 2.05 bits per heavy atom. The molecule has 0 bridgehead atoms. The number of esters is 1. The fraction of sp³-hybridized carbons (Fsp3) is 0.229. The topological polar surface area (TPSA) is 102 Å². The normalized spacial score (nSPS) is 24.7. The van der Waals surface area contributed by atoms with Crippen molar-refractivity contribution < 1.29 is 33.7 Å². The van der Waals surface area contributed by atoms with E-state index in [1.807, 2.05) is 49.4 Å². The number of aliphatic hydroxyl groups is 1. The van der Waals surface area contributed by atoms with Crippen molar-refractivity contribution in [3.05, 3.63) is 143 Å². The third-order valence-electron chi connectivity index (χ3n) is 8.12. The van der Waals surface area contributed by atoms with Crippen LogP contribution in [-0.2, 0) is 26.4 Å². The molecule has 2 heterocycles. The molecule has 6 rings (SSSR count). The van der Waals surface area contributed by atoms with Crippen LogP contribution in [0.3, 0.4) is 0 Å². The average molecular weight is 610 g/mol. The van der Waals surface area contributed by atoms with Gasteiger partial charge in [-0.3, -0.25) is 14.5 Å². The zero-order valence-corrected chi connectivity index (χ0v) is 24.8. The SMILES string of the molecule is Cc1ccc([C@@]2(N3C(=O)c4ccccc4C3=O)[C@H](S)O[C@H](COCc3ccccc3)[C@@H](O)[C@@H]2OC(=O)c2ccccc2)cc1. The van der Waals surface area contributed by atoms with E-state index in [2.05, 4.69) is 0 Å². The number of benzene rings is 4. The summed E-state index contributed by atoms with van der Waals surface area (Å²) < 4.78 is 18.4. The van der Waals surface area contributed by atoms with E-state index in [4.69, 9.17) is 26.8 Å². The second-order valence-electron chi connectivity index (χ2n) is 10.9. The van der Waals surface area contributed by atoms with Gasteiger partial charge in [0, 0.05) is 0 Å². The molecule has 224 valence electrons. The van der Waals surface area contributed by atoms with E-state index in [9.17, 15) is 19.5 Å². The zero-order chi connectivity index (χ0) is 30.8. The maximum absolute atomic E-state index is 14.1. The molecule has 1 N–H and O–H groups in total. The first-order chi connectivity index (χ1) is 21.3. The highest BCUT2D eigenvalue weighted by molar-refractivity contribution is 7.80. The average Bonchev–Trinajstić information content (AvgIpc) is 3.30. The van der Waals surface area contributed by atoms with E-state index in [-0.39, 0.29) is 29.9 Å². The largest absolute Gasteiger partial charge is 0.453 e. The minimum absolute atomic E-state index is 0.0708. The summed E-state index contributed by atoms with van der Waals surface area (Å²) in [5.74, 6) is -1.96. The number of hydrogen-bond donors (Lipinski definition) is 2. The number of carbonyl (C=O) groups is 3. The first kappa shape index (κ1) is 29.8. The van der Waals surface area contributed by atoms with Crippen LogP contribution in [0.1, 0.15) is 47.8 Å². The first-order valence-corrected chi connectivity index (χ1v) is 14.8. The van der Waals surface area contributed by atoms with Crippen molar-refractivity contribution >= 4 is 30.4 Å². The van der Waals surface area contributed by atoms with Gasteiger partial charge in [0.05, 0.1) is 29.9 Å². The van der Waals surface area contributed by atoms with Gasteiger partial charge in [-0.2, -0.15) is 0 Å². The molecule has 4 aromatic carbocycles. The summed E-state index contributed by atoms with van der Waals surface area (Å²) in [6.45, 7) is 2.08. The van der Waals surface area contributed by atoms with Gasteiger partial charge in [0.25, 0.3) is 11.8 Å². The van der Waals surface area contributed by atoms with Crippen LogP contribution >= 0.6 is 12.6 Å². The molecule has 2 aliphatic heterocycles. The van der Waals surface area contributed by atoms with E-state index in [1.54, 1.807) is 66.7 Å². The van der Waals surface area contributed by atoms with Crippen LogP contribution in [0, 0.1) is 6.92 Å². The Hall–Kier alpha value is -4.28.